The molecule has 1 rings (SSSR count). The van der Waals surface area contributed by atoms with Gasteiger partial charge in [0.2, 0.25) is 0 Å². The molecule has 0 aromatic heterocycles. The maximum Gasteiger partial charge on any atom is 0.176 e. The zero-order valence-electron chi connectivity index (χ0n) is 7.12. The van der Waals surface area contributed by atoms with Crippen LogP contribution >= 0.6 is 11.6 Å². The largest absolute Gasteiger partial charge is 0.293 e. The molecule has 1 aromatic rings. The SMILES string of the molecule is CS(=O)CC(=O)c1ccccc1Cl. The van der Waals surface area contributed by atoms with Crippen molar-refractivity contribution < 1.29 is 9.00 Å². The van der Waals surface area contributed by atoms with E-state index < -0.39 is 10.8 Å². The molecular formula is C9H9ClO2S. The van der Waals surface area contributed by atoms with Gasteiger partial charge in [-0.15, -0.1) is 0 Å². The van der Waals surface area contributed by atoms with E-state index in [-0.39, 0.29) is 11.5 Å². The van der Waals surface area contributed by atoms with Crippen LogP contribution in [0.5, 0.6) is 0 Å². The number of carbonyl (C=O) groups excluding carboxylic acids is 1. The molecule has 1 unspecified atom stereocenters. The molecule has 0 radical (unpaired) electrons. The lowest BCUT2D eigenvalue weighted by Crippen LogP contribution is -2.09. The van der Waals surface area contributed by atoms with Crippen LogP contribution in [0, 0.1) is 0 Å². The van der Waals surface area contributed by atoms with Crippen molar-refractivity contribution in [3.63, 3.8) is 0 Å². The van der Waals surface area contributed by atoms with Gasteiger partial charge in [-0.25, -0.2) is 0 Å². The van der Waals surface area contributed by atoms with Crippen molar-refractivity contribution in [2.24, 2.45) is 0 Å². The highest BCUT2D eigenvalue weighted by atomic mass is 35.5. The molecule has 4 heteroatoms. The van der Waals surface area contributed by atoms with E-state index in [2.05, 4.69) is 0 Å². The topological polar surface area (TPSA) is 34.1 Å². The van der Waals surface area contributed by atoms with E-state index >= 15 is 0 Å². The average molecular weight is 217 g/mol. The van der Waals surface area contributed by atoms with Gasteiger partial charge in [-0.2, -0.15) is 0 Å². The van der Waals surface area contributed by atoms with Gasteiger partial charge in [0.15, 0.2) is 5.78 Å². The zero-order valence-corrected chi connectivity index (χ0v) is 8.69. The summed E-state index contributed by atoms with van der Waals surface area (Å²) in [7, 11) is -1.11. The fourth-order valence-corrected chi connectivity index (χ4v) is 1.72. The Morgan fingerprint density at radius 1 is 1.46 bits per heavy atom. The zero-order chi connectivity index (χ0) is 9.84. The van der Waals surface area contributed by atoms with Gasteiger partial charge in [0.25, 0.3) is 0 Å². The van der Waals surface area contributed by atoms with E-state index in [9.17, 15) is 9.00 Å². The Bertz CT molecular complexity index is 349. The normalized spacial score (nSPS) is 12.5. The highest BCUT2D eigenvalue weighted by Gasteiger charge is 2.10. The van der Waals surface area contributed by atoms with Gasteiger partial charge in [0.05, 0.1) is 10.8 Å². The van der Waals surface area contributed by atoms with Gasteiger partial charge >= 0.3 is 0 Å². The number of Topliss-reactive ketones (excluding diaryl/α,β-unsaturated/α-hetero) is 1. The molecular weight excluding hydrogens is 208 g/mol. The standard InChI is InChI=1S/C9H9ClO2S/c1-13(12)6-9(11)7-4-2-3-5-8(7)10/h2-5H,6H2,1H3. The van der Waals surface area contributed by atoms with E-state index in [0.717, 1.165) is 0 Å². The first-order valence-electron chi connectivity index (χ1n) is 3.69. The van der Waals surface area contributed by atoms with Crippen molar-refractivity contribution in [2.75, 3.05) is 12.0 Å². The van der Waals surface area contributed by atoms with Gasteiger partial charge in [0, 0.05) is 22.6 Å². The fourth-order valence-electron chi connectivity index (χ4n) is 0.950. The van der Waals surface area contributed by atoms with Crippen molar-refractivity contribution in [2.45, 2.75) is 0 Å². The lowest BCUT2D eigenvalue weighted by atomic mass is 10.1. The molecule has 1 atom stereocenters. The molecule has 0 fully saturated rings. The van der Waals surface area contributed by atoms with Crippen molar-refractivity contribution in [1.82, 2.24) is 0 Å². The molecule has 0 aliphatic rings. The first-order valence-corrected chi connectivity index (χ1v) is 5.79. The Labute approximate surface area is 84.4 Å². The summed E-state index contributed by atoms with van der Waals surface area (Å²) in [6.07, 6.45) is 1.49. The lowest BCUT2D eigenvalue weighted by Gasteiger charge is -2.00. The van der Waals surface area contributed by atoms with Crippen molar-refractivity contribution in [1.29, 1.82) is 0 Å². The van der Waals surface area contributed by atoms with Gasteiger partial charge < -0.3 is 0 Å². The van der Waals surface area contributed by atoms with Gasteiger partial charge in [-0.05, 0) is 12.1 Å². The van der Waals surface area contributed by atoms with Crippen LogP contribution in [0.3, 0.4) is 0 Å². The first-order chi connectivity index (χ1) is 6.11. The molecule has 0 saturated heterocycles. The van der Waals surface area contributed by atoms with Crippen LogP contribution in [-0.4, -0.2) is 22.0 Å². The molecule has 0 amide bonds. The molecule has 0 aliphatic carbocycles. The Morgan fingerprint density at radius 2 is 2.08 bits per heavy atom. The van der Waals surface area contributed by atoms with E-state index in [1.54, 1.807) is 24.3 Å². The fraction of sp³-hybridized carbons (Fsp3) is 0.222. The maximum atomic E-state index is 11.4. The second kappa shape index (κ2) is 4.53. The molecule has 2 nitrogen and oxygen atoms in total. The lowest BCUT2D eigenvalue weighted by molar-refractivity contribution is 0.102. The second-order valence-corrected chi connectivity index (χ2v) is 4.46. The molecule has 0 saturated carbocycles. The van der Waals surface area contributed by atoms with Gasteiger partial charge in [-0.3, -0.25) is 9.00 Å². The van der Waals surface area contributed by atoms with Crippen LogP contribution in [0.2, 0.25) is 5.02 Å². The third kappa shape index (κ3) is 2.94. The van der Waals surface area contributed by atoms with E-state index in [1.807, 2.05) is 0 Å². The molecule has 0 N–H and O–H groups in total. The van der Waals surface area contributed by atoms with E-state index in [0.29, 0.717) is 10.6 Å². The Kier molecular flexibility index (Phi) is 3.63. The van der Waals surface area contributed by atoms with Crippen molar-refractivity contribution in [3.8, 4) is 0 Å². The number of hydrogen-bond acceptors (Lipinski definition) is 2. The minimum atomic E-state index is -1.11. The number of hydrogen-bond donors (Lipinski definition) is 0. The number of carbonyl (C=O) groups is 1. The predicted octanol–water partition coefficient (Wildman–Crippen LogP) is 1.90. The number of benzene rings is 1. The quantitative estimate of drug-likeness (QED) is 0.724. The Hall–Kier alpha value is -0.670. The molecule has 0 spiro atoms. The smallest absolute Gasteiger partial charge is 0.176 e. The van der Waals surface area contributed by atoms with Crippen LogP contribution in [0.4, 0.5) is 0 Å². The summed E-state index contributed by atoms with van der Waals surface area (Å²) < 4.78 is 10.8. The molecule has 1 aromatic carbocycles. The number of halogens is 1. The third-order valence-corrected chi connectivity index (χ3v) is 2.51. The van der Waals surface area contributed by atoms with E-state index in [1.165, 1.54) is 6.26 Å². The summed E-state index contributed by atoms with van der Waals surface area (Å²) in [5, 5.41) is 0.415. The van der Waals surface area contributed by atoms with Crippen LogP contribution in [-0.2, 0) is 10.8 Å². The van der Waals surface area contributed by atoms with Crippen LogP contribution in [0.1, 0.15) is 10.4 Å². The highest BCUT2D eigenvalue weighted by molar-refractivity contribution is 7.85. The minimum absolute atomic E-state index is 0.0315. The molecule has 13 heavy (non-hydrogen) atoms. The summed E-state index contributed by atoms with van der Waals surface area (Å²) in [6.45, 7) is 0. The van der Waals surface area contributed by atoms with Crippen LogP contribution in [0.15, 0.2) is 24.3 Å². The Morgan fingerprint density at radius 3 is 2.62 bits per heavy atom. The number of rotatable bonds is 3. The highest BCUT2D eigenvalue weighted by Crippen LogP contribution is 2.15. The summed E-state index contributed by atoms with van der Waals surface area (Å²) >= 11 is 5.78. The summed E-state index contributed by atoms with van der Waals surface area (Å²) in [5.74, 6) is -0.143. The first kappa shape index (κ1) is 10.4. The minimum Gasteiger partial charge on any atom is -0.293 e. The number of ketones is 1. The molecule has 0 bridgehead atoms. The van der Waals surface area contributed by atoms with Crippen LogP contribution in [0.25, 0.3) is 0 Å². The van der Waals surface area contributed by atoms with Gasteiger partial charge in [0.1, 0.15) is 0 Å². The van der Waals surface area contributed by atoms with Crippen LogP contribution < -0.4 is 0 Å². The third-order valence-electron chi connectivity index (χ3n) is 1.51. The summed E-state index contributed by atoms with van der Waals surface area (Å²) in [5.41, 5.74) is 0.444. The monoisotopic (exact) mass is 216 g/mol. The van der Waals surface area contributed by atoms with Crippen molar-refractivity contribution in [3.05, 3.63) is 34.9 Å². The van der Waals surface area contributed by atoms with E-state index in [4.69, 9.17) is 11.6 Å². The molecule has 0 aliphatic heterocycles. The molecule has 70 valence electrons. The van der Waals surface area contributed by atoms with Crippen molar-refractivity contribution >= 4 is 28.2 Å². The summed E-state index contributed by atoms with van der Waals surface area (Å²) in [6, 6.07) is 6.77. The second-order valence-electron chi connectivity index (χ2n) is 2.62. The van der Waals surface area contributed by atoms with Gasteiger partial charge in [-0.1, -0.05) is 23.7 Å². The molecule has 0 heterocycles. The Balaban J connectivity index is 2.89. The average Bonchev–Trinajstić information content (AvgIpc) is 2.03. The summed E-state index contributed by atoms with van der Waals surface area (Å²) in [4.78, 5) is 11.4. The maximum absolute atomic E-state index is 11.4. The predicted molar refractivity (Wildman–Crippen MR) is 54.7 cm³/mol.